The molecule has 1 amide bonds. The van der Waals surface area contributed by atoms with Gasteiger partial charge in [-0.05, 0) is 29.3 Å². The molecule has 5 heteroatoms. The van der Waals surface area contributed by atoms with Crippen molar-refractivity contribution >= 4 is 27.9 Å². The molecule has 1 atom stereocenters. The van der Waals surface area contributed by atoms with Crippen LogP contribution in [0.1, 0.15) is 17.2 Å². The zero-order valence-electron chi connectivity index (χ0n) is 14.6. The molecule has 0 radical (unpaired) electrons. The molecule has 1 aliphatic heterocycles. The lowest BCUT2D eigenvalue weighted by Gasteiger charge is -2.34. The number of nitrogens with one attached hydrogen (secondary N) is 1. The fourth-order valence-corrected chi connectivity index (χ4v) is 3.29. The first-order valence-corrected chi connectivity index (χ1v) is 9.60. The SMILES string of the molecule is O=C(C=Cc1ccc(Br)cc1)NCC(c1ccccc1)N1CCOCC1. The van der Waals surface area contributed by atoms with E-state index in [2.05, 4.69) is 38.3 Å². The van der Waals surface area contributed by atoms with Crippen LogP contribution in [0.25, 0.3) is 6.08 Å². The summed E-state index contributed by atoms with van der Waals surface area (Å²) in [5.74, 6) is -0.0814. The van der Waals surface area contributed by atoms with Gasteiger partial charge in [-0.3, -0.25) is 9.69 Å². The van der Waals surface area contributed by atoms with Gasteiger partial charge < -0.3 is 10.1 Å². The zero-order chi connectivity index (χ0) is 18.2. The first kappa shape index (κ1) is 18.8. The van der Waals surface area contributed by atoms with Gasteiger partial charge in [0.05, 0.1) is 19.3 Å². The first-order chi connectivity index (χ1) is 12.7. The van der Waals surface area contributed by atoms with Crippen molar-refractivity contribution in [2.45, 2.75) is 6.04 Å². The number of benzene rings is 2. The fraction of sp³-hybridized carbons (Fsp3) is 0.286. The molecule has 0 bridgehead atoms. The number of ether oxygens (including phenoxy) is 1. The van der Waals surface area contributed by atoms with Crippen molar-refractivity contribution in [3.63, 3.8) is 0 Å². The van der Waals surface area contributed by atoms with Crippen LogP contribution in [-0.4, -0.2) is 43.7 Å². The summed E-state index contributed by atoms with van der Waals surface area (Å²) in [6.07, 6.45) is 3.42. The third kappa shape index (κ3) is 5.53. The summed E-state index contributed by atoms with van der Waals surface area (Å²) in [5, 5.41) is 3.04. The number of morpholine rings is 1. The molecule has 1 N–H and O–H groups in total. The normalized spacial score (nSPS) is 16.5. The number of nitrogens with zero attached hydrogens (tertiary/aromatic N) is 1. The van der Waals surface area contributed by atoms with Gasteiger partial charge in [0, 0.05) is 30.2 Å². The van der Waals surface area contributed by atoms with Gasteiger partial charge in [0.25, 0.3) is 0 Å². The smallest absolute Gasteiger partial charge is 0.244 e. The van der Waals surface area contributed by atoms with Crippen molar-refractivity contribution in [2.24, 2.45) is 0 Å². The van der Waals surface area contributed by atoms with Crippen molar-refractivity contribution < 1.29 is 9.53 Å². The van der Waals surface area contributed by atoms with Gasteiger partial charge in [-0.15, -0.1) is 0 Å². The van der Waals surface area contributed by atoms with E-state index < -0.39 is 0 Å². The molecule has 1 saturated heterocycles. The van der Waals surface area contributed by atoms with Crippen molar-refractivity contribution in [1.82, 2.24) is 10.2 Å². The number of rotatable bonds is 6. The molecule has 26 heavy (non-hydrogen) atoms. The van der Waals surface area contributed by atoms with Gasteiger partial charge in [-0.25, -0.2) is 0 Å². The van der Waals surface area contributed by atoms with Crippen molar-refractivity contribution in [1.29, 1.82) is 0 Å². The maximum Gasteiger partial charge on any atom is 0.244 e. The molecule has 1 heterocycles. The van der Waals surface area contributed by atoms with E-state index in [1.807, 2.05) is 48.5 Å². The Morgan fingerprint density at radius 3 is 2.50 bits per heavy atom. The predicted octanol–water partition coefficient (Wildman–Crippen LogP) is 3.65. The van der Waals surface area contributed by atoms with Crippen LogP contribution in [0.5, 0.6) is 0 Å². The third-order valence-corrected chi connectivity index (χ3v) is 4.97. The van der Waals surface area contributed by atoms with E-state index in [-0.39, 0.29) is 11.9 Å². The Hall–Kier alpha value is -1.95. The van der Waals surface area contributed by atoms with Gasteiger partial charge >= 0.3 is 0 Å². The highest BCUT2D eigenvalue weighted by atomic mass is 79.9. The standard InChI is InChI=1S/C21H23BrN2O2/c22-19-9-6-17(7-10-19)8-11-21(25)23-16-20(18-4-2-1-3-5-18)24-12-14-26-15-13-24/h1-11,20H,12-16H2,(H,23,25). The second-order valence-corrected chi connectivity index (χ2v) is 7.12. The largest absolute Gasteiger partial charge is 0.379 e. The Balaban J connectivity index is 1.61. The van der Waals surface area contributed by atoms with Crippen LogP contribution >= 0.6 is 15.9 Å². The topological polar surface area (TPSA) is 41.6 Å². The molecule has 2 aromatic rings. The minimum atomic E-state index is -0.0814. The van der Waals surface area contributed by atoms with E-state index >= 15 is 0 Å². The average molecular weight is 415 g/mol. The Morgan fingerprint density at radius 2 is 1.81 bits per heavy atom. The van der Waals surface area contributed by atoms with Crippen molar-refractivity contribution in [3.05, 3.63) is 76.3 Å². The second kappa shape index (κ2) is 9.67. The molecule has 0 saturated carbocycles. The Kier molecular flexibility index (Phi) is 7.00. The van der Waals surface area contributed by atoms with Crippen LogP contribution in [0.15, 0.2) is 65.1 Å². The van der Waals surface area contributed by atoms with E-state index in [0.717, 1.165) is 36.3 Å². The molecular formula is C21H23BrN2O2. The lowest BCUT2D eigenvalue weighted by atomic mass is 10.0. The summed E-state index contributed by atoms with van der Waals surface area (Å²) in [6.45, 7) is 3.81. The third-order valence-electron chi connectivity index (χ3n) is 4.44. The molecule has 0 aromatic heterocycles. The molecule has 136 valence electrons. The molecule has 4 nitrogen and oxygen atoms in total. The van der Waals surface area contributed by atoms with E-state index in [1.54, 1.807) is 6.08 Å². The number of halogens is 1. The maximum atomic E-state index is 12.3. The van der Waals surface area contributed by atoms with E-state index in [4.69, 9.17) is 4.74 Å². The lowest BCUT2D eigenvalue weighted by Crippen LogP contribution is -2.43. The second-order valence-electron chi connectivity index (χ2n) is 6.20. The van der Waals surface area contributed by atoms with E-state index in [9.17, 15) is 4.79 Å². The monoisotopic (exact) mass is 414 g/mol. The van der Waals surface area contributed by atoms with Gasteiger partial charge in [-0.1, -0.05) is 58.4 Å². The number of hydrogen-bond donors (Lipinski definition) is 1. The molecule has 1 aliphatic rings. The summed E-state index contributed by atoms with van der Waals surface area (Å²) in [4.78, 5) is 14.6. The Morgan fingerprint density at radius 1 is 1.12 bits per heavy atom. The highest BCUT2D eigenvalue weighted by Gasteiger charge is 2.22. The number of carbonyl (C=O) groups is 1. The fourth-order valence-electron chi connectivity index (χ4n) is 3.02. The zero-order valence-corrected chi connectivity index (χ0v) is 16.2. The summed E-state index contributed by atoms with van der Waals surface area (Å²) in [5.41, 5.74) is 2.21. The molecule has 3 rings (SSSR count). The summed E-state index contributed by atoms with van der Waals surface area (Å²) < 4.78 is 6.49. The highest BCUT2D eigenvalue weighted by molar-refractivity contribution is 9.10. The number of carbonyl (C=O) groups excluding carboxylic acids is 1. The lowest BCUT2D eigenvalue weighted by molar-refractivity contribution is -0.116. The van der Waals surface area contributed by atoms with Crippen LogP contribution in [0, 0.1) is 0 Å². The average Bonchev–Trinajstić information content (AvgIpc) is 2.69. The van der Waals surface area contributed by atoms with Crippen molar-refractivity contribution in [2.75, 3.05) is 32.8 Å². The van der Waals surface area contributed by atoms with E-state index in [0.29, 0.717) is 6.54 Å². The van der Waals surface area contributed by atoms with E-state index in [1.165, 1.54) is 5.56 Å². The van der Waals surface area contributed by atoms with Crippen LogP contribution in [0.4, 0.5) is 0 Å². The van der Waals surface area contributed by atoms with Gasteiger partial charge in [0.1, 0.15) is 0 Å². The van der Waals surface area contributed by atoms with Gasteiger partial charge in [0.2, 0.25) is 5.91 Å². The van der Waals surface area contributed by atoms with Crippen molar-refractivity contribution in [3.8, 4) is 0 Å². The van der Waals surface area contributed by atoms with Crippen LogP contribution in [0.3, 0.4) is 0 Å². The Bertz CT molecular complexity index is 725. The van der Waals surface area contributed by atoms with Gasteiger partial charge in [0.15, 0.2) is 0 Å². The molecule has 1 unspecified atom stereocenters. The molecule has 0 aliphatic carbocycles. The molecule has 1 fully saturated rings. The molecule has 2 aromatic carbocycles. The first-order valence-electron chi connectivity index (χ1n) is 8.80. The molecule has 0 spiro atoms. The van der Waals surface area contributed by atoms with Gasteiger partial charge in [-0.2, -0.15) is 0 Å². The highest BCUT2D eigenvalue weighted by Crippen LogP contribution is 2.21. The summed E-state index contributed by atoms with van der Waals surface area (Å²) in [7, 11) is 0. The minimum absolute atomic E-state index is 0.0814. The van der Waals surface area contributed by atoms with Crippen LogP contribution in [0.2, 0.25) is 0 Å². The quantitative estimate of drug-likeness (QED) is 0.733. The van der Waals surface area contributed by atoms with Crippen LogP contribution in [-0.2, 0) is 9.53 Å². The number of hydrogen-bond acceptors (Lipinski definition) is 3. The Labute approximate surface area is 163 Å². The molecular weight excluding hydrogens is 392 g/mol. The minimum Gasteiger partial charge on any atom is -0.379 e. The maximum absolute atomic E-state index is 12.3. The summed E-state index contributed by atoms with van der Waals surface area (Å²) in [6, 6.07) is 18.3. The number of amides is 1. The predicted molar refractivity (Wildman–Crippen MR) is 108 cm³/mol. The summed E-state index contributed by atoms with van der Waals surface area (Å²) >= 11 is 3.41. The van der Waals surface area contributed by atoms with Crippen LogP contribution < -0.4 is 5.32 Å².